The molecule has 2 aromatic carbocycles. The minimum absolute atomic E-state index is 0.137. The van der Waals surface area contributed by atoms with Gasteiger partial charge in [0, 0.05) is 23.4 Å². The maximum atomic E-state index is 12.0. The van der Waals surface area contributed by atoms with E-state index in [1.165, 1.54) is 12.1 Å². The molecule has 22 heavy (non-hydrogen) atoms. The molecular formula is C16H16ClNO3S. The van der Waals surface area contributed by atoms with Crippen LogP contribution in [0.3, 0.4) is 0 Å². The van der Waals surface area contributed by atoms with Crippen LogP contribution in [-0.2, 0) is 16.3 Å². The van der Waals surface area contributed by atoms with Gasteiger partial charge in [-0.05, 0) is 42.3 Å². The van der Waals surface area contributed by atoms with Crippen molar-refractivity contribution >= 4 is 27.3 Å². The third kappa shape index (κ3) is 4.58. The zero-order valence-electron chi connectivity index (χ0n) is 12.0. The maximum Gasteiger partial charge on any atom is 0.251 e. The molecule has 1 N–H and O–H groups in total. The van der Waals surface area contributed by atoms with Gasteiger partial charge in [-0.25, -0.2) is 8.42 Å². The molecule has 2 rings (SSSR count). The van der Waals surface area contributed by atoms with Gasteiger partial charge in [-0.2, -0.15) is 0 Å². The van der Waals surface area contributed by atoms with Crippen molar-refractivity contribution in [3.63, 3.8) is 0 Å². The molecule has 0 radical (unpaired) electrons. The first kappa shape index (κ1) is 16.5. The van der Waals surface area contributed by atoms with Crippen LogP contribution in [0.15, 0.2) is 53.4 Å². The zero-order chi connectivity index (χ0) is 16.2. The molecule has 0 unspecified atom stereocenters. The highest BCUT2D eigenvalue weighted by atomic mass is 35.5. The van der Waals surface area contributed by atoms with E-state index in [0.717, 1.165) is 11.8 Å². The Labute approximate surface area is 135 Å². The lowest BCUT2D eigenvalue weighted by atomic mass is 10.1. The van der Waals surface area contributed by atoms with Crippen molar-refractivity contribution in [2.75, 3.05) is 12.8 Å². The van der Waals surface area contributed by atoms with Gasteiger partial charge in [-0.1, -0.05) is 29.8 Å². The molecule has 0 aliphatic carbocycles. The first-order valence-electron chi connectivity index (χ1n) is 6.69. The van der Waals surface area contributed by atoms with Gasteiger partial charge >= 0.3 is 0 Å². The number of amides is 1. The molecule has 0 heterocycles. The predicted octanol–water partition coefficient (Wildman–Crippen LogP) is 2.72. The Kier molecular flexibility index (Phi) is 5.21. The molecule has 0 aliphatic heterocycles. The molecule has 1 amide bonds. The van der Waals surface area contributed by atoms with Gasteiger partial charge in [0.15, 0.2) is 9.84 Å². The van der Waals surface area contributed by atoms with Crippen LogP contribution < -0.4 is 5.32 Å². The van der Waals surface area contributed by atoms with Gasteiger partial charge in [0.25, 0.3) is 5.91 Å². The van der Waals surface area contributed by atoms with Crippen molar-refractivity contribution in [2.24, 2.45) is 0 Å². The van der Waals surface area contributed by atoms with Gasteiger partial charge < -0.3 is 5.32 Å². The van der Waals surface area contributed by atoms with E-state index in [-0.39, 0.29) is 10.8 Å². The van der Waals surface area contributed by atoms with Crippen LogP contribution in [-0.4, -0.2) is 27.1 Å². The second-order valence-electron chi connectivity index (χ2n) is 4.93. The summed E-state index contributed by atoms with van der Waals surface area (Å²) in [6, 6.07) is 13.4. The molecule has 4 nitrogen and oxygen atoms in total. The maximum absolute atomic E-state index is 12.0. The Morgan fingerprint density at radius 1 is 1.14 bits per heavy atom. The van der Waals surface area contributed by atoms with E-state index in [4.69, 9.17) is 11.6 Å². The first-order chi connectivity index (χ1) is 10.4. The SMILES string of the molecule is CS(=O)(=O)c1cccc(C(=O)NCCc2ccc(Cl)cc2)c1. The van der Waals surface area contributed by atoms with E-state index in [1.54, 1.807) is 24.3 Å². The summed E-state index contributed by atoms with van der Waals surface area (Å²) in [4.78, 5) is 12.2. The van der Waals surface area contributed by atoms with Gasteiger partial charge in [0.1, 0.15) is 0 Å². The lowest BCUT2D eigenvalue weighted by Gasteiger charge is -2.07. The number of sulfone groups is 1. The Balaban J connectivity index is 1.96. The Hall–Kier alpha value is -1.85. The van der Waals surface area contributed by atoms with Crippen molar-refractivity contribution in [1.29, 1.82) is 0 Å². The summed E-state index contributed by atoms with van der Waals surface area (Å²) < 4.78 is 23.0. The fourth-order valence-corrected chi connectivity index (χ4v) is 2.73. The van der Waals surface area contributed by atoms with E-state index in [2.05, 4.69) is 5.32 Å². The topological polar surface area (TPSA) is 63.2 Å². The fraction of sp³-hybridized carbons (Fsp3) is 0.188. The number of rotatable bonds is 5. The lowest BCUT2D eigenvalue weighted by Crippen LogP contribution is -2.25. The van der Waals surface area contributed by atoms with Gasteiger partial charge in [0.2, 0.25) is 0 Å². The third-order valence-electron chi connectivity index (χ3n) is 3.14. The van der Waals surface area contributed by atoms with E-state index < -0.39 is 9.84 Å². The molecule has 0 spiro atoms. The number of benzene rings is 2. The lowest BCUT2D eigenvalue weighted by molar-refractivity contribution is 0.0954. The average molecular weight is 338 g/mol. The van der Waals surface area contributed by atoms with Crippen LogP contribution in [0.1, 0.15) is 15.9 Å². The predicted molar refractivity (Wildman–Crippen MR) is 87.0 cm³/mol. The number of carbonyl (C=O) groups excluding carboxylic acids is 1. The highest BCUT2D eigenvalue weighted by Crippen LogP contribution is 2.12. The Bertz CT molecular complexity index is 770. The van der Waals surface area contributed by atoms with Crippen LogP contribution in [0, 0.1) is 0 Å². The van der Waals surface area contributed by atoms with Crippen LogP contribution in [0.2, 0.25) is 5.02 Å². The largest absolute Gasteiger partial charge is 0.352 e. The van der Waals surface area contributed by atoms with Crippen molar-refractivity contribution in [1.82, 2.24) is 5.32 Å². The van der Waals surface area contributed by atoms with Gasteiger partial charge in [-0.3, -0.25) is 4.79 Å². The smallest absolute Gasteiger partial charge is 0.251 e. The third-order valence-corrected chi connectivity index (χ3v) is 4.50. The fourth-order valence-electron chi connectivity index (χ4n) is 1.94. The molecular weight excluding hydrogens is 322 g/mol. The average Bonchev–Trinajstić information content (AvgIpc) is 2.48. The monoisotopic (exact) mass is 337 g/mol. The molecule has 6 heteroatoms. The van der Waals surface area contributed by atoms with E-state index in [0.29, 0.717) is 23.6 Å². The van der Waals surface area contributed by atoms with Crippen molar-refractivity contribution in [2.45, 2.75) is 11.3 Å². The normalized spacial score (nSPS) is 11.2. The Morgan fingerprint density at radius 2 is 1.82 bits per heavy atom. The molecule has 116 valence electrons. The molecule has 0 atom stereocenters. The summed E-state index contributed by atoms with van der Waals surface area (Å²) in [7, 11) is -3.32. The zero-order valence-corrected chi connectivity index (χ0v) is 13.6. The highest BCUT2D eigenvalue weighted by Gasteiger charge is 2.11. The summed E-state index contributed by atoms with van der Waals surface area (Å²) in [6.07, 6.45) is 1.79. The molecule has 0 saturated carbocycles. The summed E-state index contributed by atoms with van der Waals surface area (Å²) in [6.45, 7) is 0.462. The number of carbonyl (C=O) groups is 1. The van der Waals surface area contributed by atoms with Crippen molar-refractivity contribution in [3.05, 3.63) is 64.7 Å². The van der Waals surface area contributed by atoms with Crippen LogP contribution in [0.4, 0.5) is 0 Å². The van der Waals surface area contributed by atoms with E-state index in [9.17, 15) is 13.2 Å². The van der Waals surface area contributed by atoms with Crippen LogP contribution in [0.5, 0.6) is 0 Å². The van der Waals surface area contributed by atoms with Crippen molar-refractivity contribution < 1.29 is 13.2 Å². The summed E-state index contributed by atoms with van der Waals surface area (Å²) in [5.74, 6) is -0.292. The molecule has 0 aliphatic rings. The molecule has 0 aromatic heterocycles. The quantitative estimate of drug-likeness (QED) is 0.912. The standard InChI is InChI=1S/C16H16ClNO3S/c1-22(20,21)15-4-2-3-13(11-15)16(19)18-10-9-12-5-7-14(17)8-6-12/h2-8,11H,9-10H2,1H3,(H,18,19). The number of hydrogen-bond acceptors (Lipinski definition) is 3. The van der Waals surface area contributed by atoms with E-state index >= 15 is 0 Å². The summed E-state index contributed by atoms with van der Waals surface area (Å²) in [5.41, 5.74) is 1.40. The molecule has 2 aromatic rings. The first-order valence-corrected chi connectivity index (χ1v) is 8.96. The van der Waals surface area contributed by atoms with Crippen LogP contribution in [0.25, 0.3) is 0 Å². The Morgan fingerprint density at radius 3 is 2.45 bits per heavy atom. The summed E-state index contributed by atoms with van der Waals surface area (Å²) >= 11 is 5.81. The van der Waals surface area contributed by atoms with Crippen LogP contribution >= 0.6 is 11.6 Å². The molecule has 0 bridgehead atoms. The molecule has 0 fully saturated rings. The summed E-state index contributed by atoms with van der Waals surface area (Å²) in [5, 5.41) is 3.45. The second-order valence-corrected chi connectivity index (χ2v) is 7.38. The highest BCUT2D eigenvalue weighted by molar-refractivity contribution is 7.90. The number of hydrogen-bond donors (Lipinski definition) is 1. The van der Waals surface area contributed by atoms with Gasteiger partial charge in [-0.15, -0.1) is 0 Å². The van der Waals surface area contributed by atoms with E-state index in [1.807, 2.05) is 12.1 Å². The minimum Gasteiger partial charge on any atom is -0.352 e. The number of halogens is 1. The number of nitrogens with one attached hydrogen (secondary N) is 1. The minimum atomic E-state index is -3.32. The second kappa shape index (κ2) is 6.94. The van der Waals surface area contributed by atoms with Gasteiger partial charge in [0.05, 0.1) is 4.90 Å². The van der Waals surface area contributed by atoms with Crippen molar-refractivity contribution in [3.8, 4) is 0 Å². The molecule has 0 saturated heterocycles.